The summed E-state index contributed by atoms with van der Waals surface area (Å²) in [6.45, 7) is 2.04. The first-order chi connectivity index (χ1) is 8.49. The molecule has 0 amide bonds. The van der Waals surface area contributed by atoms with Crippen LogP contribution < -0.4 is 5.73 Å². The SMILES string of the molecule is Cc1cc(C(N)c2ccc(Cl)c(Cl)c2)ccc1Br. The molecule has 1 atom stereocenters. The van der Waals surface area contributed by atoms with Crippen LogP contribution in [0.5, 0.6) is 0 Å². The molecule has 0 heterocycles. The van der Waals surface area contributed by atoms with Crippen LogP contribution in [0.2, 0.25) is 10.0 Å². The fourth-order valence-electron chi connectivity index (χ4n) is 1.76. The summed E-state index contributed by atoms with van der Waals surface area (Å²) in [5, 5.41) is 1.07. The van der Waals surface area contributed by atoms with E-state index in [1.807, 2.05) is 31.2 Å². The van der Waals surface area contributed by atoms with Crippen LogP contribution in [0.25, 0.3) is 0 Å². The largest absolute Gasteiger partial charge is 0.320 e. The van der Waals surface area contributed by atoms with Gasteiger partial charge in [-0.1, -0.05) is 57.3 Å². The summed E-state index contributed by atoms with van der Waals surface area (Å²) in [7, 11) is 0. The zero-order chi connectivity index (χ0) is 13.3. The van der Waals surface area contributed by atoms with E-state index in [9.17, 15) is 0 Å². The van der Waals surface area contributed by atoms with Crippen LogP contribution in [-0.2, 0) is 0 Å². The van der Waals surface area contributed by atoms with Gasteiger partial charge in [-0.2, -0.15) is 0 Å². The molecule has 0 saturated heterocycles. The zero-order valence-corrected chi connectivity index (χ0v) is 12.9. The number of hydrogen-bond acceptors (Lipinski definition) is 1. The van der Waals surface area contributed by atoms with Crippen LogP contribution in [0.1, 0.15) is 22.7 Å². The average Bonchev–Trinajstić information content (AvgIpc) is 2.35. The van der Waals surface area contributed by atoms with Gasteiger partial charge in [-0.15, -0.1) is 0 Å². The highest BCUT2D eigenvalue weighted by atomic mass is 79.9. The normalized spacial score (nSPS) is 12.5. The summed E-state index contributed by atoms with van der Waals surface area (Å²) in [5.74, 6) is 0. The Hall–Kier alpha value is -0.540. The lowest BCUT2D eigenvalue weighted by molar-refractivity contribution is 0.869. The Labute approximate surface area is 125 Å². The van der Waals surface area contributed by atoms with Crippen molar-refractivity contribution in [2.45, 2.75) is 13.0 Å². The molecule has 0 aliphatic carbocycles. The lowest BCUT2D eigenvalue weighted by atomic mass is 9.98. The van der Waals surface area contributed by atoms with Gasteiger partial charge in [0.15, 0.2) is 0 Å². The maximum absolute atomic E-state index is 6.24. The Kier molecular flexibility index (Phi) is 4.33. The number of aryl methyl sites for hydroxylation is 1. The third-order valence-corrected chi connectivity index (χ3v) is 4.47. The summed E-state index contributed by atoms with van der Waals surface area (Å²) in [6.07, 6.45) is 0. The van der Waals surface area contributed by atoms with E-state index in [-0.39, 0.29) is 6.04 Å². The van der Waals surface area contributed by atoms with E-state index >= 15 is 0 Å². The standard InChI is InChI=1S/C14H12BrCl2N/c1-8-6-9(2-4-11(8)15)14(18)10-3-5-12(16)13(17)7-10/h2-7,14H,18H2,1H3. The van der Waals surface area contributed by atoms with E-state index in [4.69, 9.17) is 28.9 Å². The number of rotatable bonds is 2. The summed E-state index contributed by atoms with van der Waals surface area (Å²) >= 11 is 15.4. The van der Waals surface area contributed by atoms with Gasteiger partial charge in [-0.25, -0.2) is 0 Å². The molecule has 0 saturated carbocycles. The van der Waals surface area contributed by atoms with E-state index in [0.717, 1.165) is 21.2 Å². The highest BCUT2D eigenvalue weighted by Gasteiger charge is 2.11. The quantitative estimate of drug-likeness (QED) is 0.804. The van der Waals surface area contributed by atoms with Gasteiger partial charge in [-0.05, 0) is 41.8 Å². The first-order valence-electron chi connectivity index (χ1n) is 5.45. The van der Waals surface area contributed by atoms with Crippen molar-refractivity contribution in [1.29, 1.82) is 0 Å². The Morgan fingerprint density at radius 1 is 1.00 bits per heavy atom. The maximum Gasteiger partial charge on any atom is 0.0595 e. The molecule has 2 aromatic rings. The molecule has 2 rings (SSSR count). The second-order valence-corrected chi connectivity index (χ2v) is 5.83. The van der Waals surface area contributed by atoms with Crippen LogP contribution in [0.15, 0.2) is 40.9 Å². The first-order valence-corrected chi connectivity index (χ1v) is 7.00. The molecule has 0 fully saturated rings. The molecule has 0 radical (unpaired) electrons. The van der Waals surface area contributed by atoms with Crippen LogP contribution in [0.3, 0.4) is 0 Å². The zero-order valence-electron chi connectivity index (χ0n) is 9.75. The summed E-state index contributed by atoms with van der Waals surface area (Å²) in [6, 6.07) is 11.3. The highest BCUT2D eigenvalue weighted by molar-refractivity contribution is 9.10. The minimum Gasteiger partial charge on any atom is -0.320 e. The van der Waals surface area contributed by atoms with Gasteiger partial charge < -0.3 is 5.73 Å². The highest BCUT2D eigenvalue weighted by Crippen LogP contribution is 2.29. The van der Waals surface area contributed by atoms with E-state index in [2.05, 4.69) is 22.0 Å². The second kappa shape index (κ2) is 5.62. The predicted octanol–water partition coefficient (Wildman–Crippen LogP) is 5.11. The number of benzene rings is 2. The smallest absolute Gasteiger partial charge is 0.0595 e. The van der Waals surface area contributed by atoms with Crippen molar-refractivity contribution in [2.75, 3.05) is 0 Å². The second-order valence-electron chi connectivity index (χ2n) is 4.16. The Balaban J connectivity index is 2.37. The van der Waals surface area contributed by atoms with Crippen molar-refractivity contribution in [2.24, 2.45) is 5.73 Å². The number of hydrogen-bond donors (Lipinski definition) is 1. The minimum atomic E-state index is -0.202. The summed E-state index contributed by atoms with van der Waals surface area (Å²) < 4.78 is 1.08. The molecule has 0 bridgehead atoms. The molecular formula is C14H12BrCl2N. The van der Waals surface area contributed by atoms with E-state index < -0.39 is 0 Å². The fraction of sp³-hybridized carbons (Fsp3) is 0.143. The molecule has 1 nitrogen and oxygen atoms in total. The maximum atomic E-state index is 6.24. The van der Waals surface area contributed by atoms with Crippen molar-refractivity contribution < 1.29 is 0 Å². The molecule has 0 spiro atoms. The fourth-order valence-corrected chi connectivity index (χ4v) is 2.31. The van der Waals surface area contributed by atoms with E-state index in [0.29, 0.717) is 10.0 Å². The Morgan fingerprint density at radius 3 is 2.22 bits per heavy atom. The minimum absolute atomic E-state index is 0.202. The summed E-state index contributed by atoms with van der Waals surface area (Å²) in [5.41, 5.74) is 9.39. The predicted molar refractivity (Wildman–Crippen MR) is 81.4 cm³/mol. The third kappa shape index (κ3) is 2.89. The van der Waals surface area contributed by atoms with Gasteiger partial charge in [0.1, 0.15) is 0 Å². The molecule has 1 unspecified atom stereocenters. The average molecular weight is 345 g/mol. The monoisotopic (exact) mass is 343 g/mol. The molecular weight excluding hydrogens is 333 g/mol. The van der Waals surface area contributed by atoms with Crippen LogP contribution in [0, 0.1) is 6.92 Å². The molecule has 2 N–H and O–H groups in total. The molecule has 0 aliphatic rings. The summed E-state index contributed by atoms with van der Waals surface area (Å²) in [4.78, 5) is 0. The van der Waals surface area contributed by atoms with Crippen LogP contribution >= 0.6 is 39.1 Å². The number of halogens is 3. The molecule has 0 aromatic heterocycles. The molecule has 18 heavy (non-hydrogen) atoms. The van der Waals surface area contributed by atoms with Gasteiger partial charge in [-0.3, -0.25) is 0 Å². The van der Waals surface area contributed by atoms with Crippen molar-refractivity contribution in [3.8, 4) is 0 Å². The topological polar surface area (TPSA) is 26.0 Å². The number of nitrogens with two attached hydrogens (primary N) is 1. The van der Waals surface area contributed by atoms with Gasteiger partial charge in [0, 0.05) is 4.47 Å². The van der Waals surface area contributed by atoms with Gasteiger partial charge in [0.05, 0.1) is 16.1 Å². The Morgan fingerprint density at radius 2 is 1.61 bits per heavy atom. The molecule has 0 aliphatic heterocycles. The van der Waals surface area contributed by atoms with Gasteiger partial charge >= 0.3 is 0 Å². The van der Waals surface area contributed by atoms with Crippen LogP contribution in [-0.4, -0.2) is 0 Å². The molecule has 94 valence electrons. The van der Waals surface area contributed by atoms with Crippen molar-refractivity contribution >= 4 is 39.1 Å². The Bertz CT molecular complexity index is 533. The van der Waals surface area contributed by atoms with E-state index in [1.165, 1.54) is 0 Å². The van der Waals surface area contributed by atoms with Crippen molar-refractivity contribution in [1.82, 2.24) is 0 Å². The van der Waals surface area contributed by atoms with Gasteiger partial charge in [0.25, 0.3) is 0 Å². The first kappa shape index (κ1) is 13.9. The van der Waals surface area contributed by atoms with Crippen molar-refractivity contribution in [3.05, 3.63) is 67.6 Å². The van der Waals surface area contributed by atoms with Gasteiger partial charge in [0.2, 0.25) is 0 Å². The van der Waals surface area contributed by atoms with Crippen molar-refractivity contribution in [3.63, 3.8) is 0 Å². The molecule has 4 heteroatoms. The molecule has 2 aromatic carbocycles. The van der Waals surface area contributed by atoms with E-state index in [1.54, 1.807) is 6.07 Å². The third-order valence-electron chi connectivity index (χ3n) is 2.84. The lowest BCUT2D eigenvalue weighted by Gasteiger charge is -2.14. The lowest BCUT2D eigenvalue weighted by Crippen LogP contribution is -2.12. The van der Waals surface area contributed by atoms with Crippen LogP contribution in [0.4, 0.5) is 0 Å².